The van der Waals surface area contributed by atoms with Gasteiger partial charge < -0.3 is 18.9 Å². The van der Waals surface area contributed by atoms with Crippen molar-refractivity contribution in [3.05, 3.63) is 24.1 Å². The third-order valence-electron chi connectivity index (χ3n) is 4.81. The maximum absolute atomic E-state index is 12.5. The van der Waals surface area contributed by atoms with Crippen molar-refractivity contribution in [2.24, 2.45) is 5.92 Å². The third-order valence-corrected chi connectivity index (χ3v) is 4.81. The molecule has 2 aromatic rings. The molecule has 1 saturated carbocycles. The van der Waals surface area contributed by atoms with E-state index >= 15 is 0 Å². The van der Waals surface area contributed by atoms with Crippen molar-refractivity contribution in [1.82, 2.24) is 15.0 Å². The Labute approximate surface area is 153 Å². The monoisotopic (exact) mass is 359 g/mol. The van der Waals surface area contributed by atoms with Crippen LogP contribution in [-0.4, -0.2) is 42.2 Å². The highest BCUT2D eigenvalue weighted by molar-refractivity contribution is 5.78. The molecule has 0 radical (unpaired) electrons. The van der Waals surface area contributed by atoms with Gasteiger partial charge in [-0.2, -0.15) is 4.98 Å². The third kappa shape index (κ3) is 3.98. The Balaban J connectivity index is 1.68. The van der Waals surface area contributed by atoms with Crippen LogP contribution in [0.2, 0.25) is 0 Å². The molecule has 1 aromatic carbocycles. The van der Waals surface area contributed by atoms with Crippen LogP contribution in [-0.2, 0) is 11.3 Å². The first-order valence-electron chi connectivity index (χ1n) is 8.92. The number of hydrogen-bond donors (Lipinski definition) is 0. The summed E-state index contributed by atoms with van der Waals surface area (Å²) >= 11 is 0. The van der Waals surface area contributed by atoms with Gasteiger partial charge in [-0.3, -0.25) is 4.79 Å². The van der Waals surface area contributed by atoms with Gasteiger partial charge in [-0.05, 0) is 31.0 Å². The van der Waals surface area contributed by atoms with Crippen molar-refractivity contribution in [2.45, 2.75) is 38.6 Å². The molecule has 7 nitrogen and oxygen atoms in total. The maximum Gasteiger partial charge on any atom is 0.246 e. The summed E-state index contributed by atoms with van der Waals surface area (Å²) in [5, 5.41) is 4.02. The molecular weight excluding hydrogens is 334 g/mol. The number of benzene rings is 1. The Kier molecular flexibility index (Phi) is 5.75. The average Bonchev–Trinajstić information content (AvgIpc) is 3.15. The van der Waals surface area contributed by atoms with E-state index < -0.39 is 0 Å². The molecule has 0 saturated heterocycles. The fraction of sp³-hybridized carbons (Fsp3) is 0.526. The fourth-order valence-corrected chi connectivity index (χ4v) is 3.35. The number of hydrogen-bond acceptors (Lipinski definition) is 6. The second-order valence-corrected chi connectivity index (χ2v) is 6.61. The number of rotatable bonds is 6. The van der Waals surface area contributed by atoms with E-state index in [4.69, 9.17) is 14.0 Å². The molecule has 0 spiro atoms. The van der Waals surface area contributed by atoms with Gasteiger partial charge in [0.2, 0.25) is 17.6 Å². The van der Waals surface area contributed by atoms with E-state index in [9.17, 15) is 4.79 Å². The average molecular weight is 359 g/mol. The van der Waals surface area contributed by atoms with Crippen LogP contribution in [0.5, 0.6) is 11.5 Å². The van der Waals surface area contributed by atoms with Crippen LogP contribution in [0.1, 0.15) is 38.0 Å². The van der Waals surface area contributed by atoms with Gasteiger partial charge in [0.25, 0.3) is 0 Å². The number of amides is 1. The molecule has 0 N–H and O–H groups in total. The zero-order valence-corrected chi connectivity index (χ0v) is 15.5. The first-order chi connectivity index (χ1) is 12.6. The summed E-state index contributed by atoms with van der Waals surface area (Å²) in [6, 6.07) is 5.43. The lowest BCUT2D eigenvalue weighted by Gasteiger charge is -2.25. The summed E-state index contributed by atoms with van der Waals surface area (Å²) in [5.41, 5.74) is 0.763. The summed E-state index contributed by atoms with van der Waals surface area (Å²) in [5.74, 6) is 2.40. The lowest BCUT2D eigenvalue weighted by molar-refractivity contribution is -0.136. The predicted molar refractivity (Wildman–Crippen MR) is 95.9 cm³/mol. The van der Waals surface area contributed by atoms with E-state index in [-0.39, 0.29) is 11.8 Å². The number of ether oxygens (including phenoxy) is 2. The smallest absolute Gasteiger partial charge is 0.246 e. The number of methoxy groups -OCH3 is 2. The van der Waals surface area contributed by atoms with E-state index in [0.717, 1.165) is 31.2 Å². The summed E-state index contributed by atoms with van der Waals surface area (Å²) in [6.07, 6.45) is 5.45. The SMILES string of the molecule is COc1ccc(-c2noc(CN(C)C(=O)C3CCCCC3)n2)cc1OC. The largest absolute Gasteiger partial charge is 0.493 e. The lowest BCUT2D eigenvalue weighted by Crippen LogP contribution is -2.33. The maximum atomic E-state index is 12.5. The molecule has 0 unspecified atom stereocenters. The van der Waals surface area contributed by atoms with Gasteiger partial charge in [0.05, 0.1) is 20.8 Å². The number of carbonyl (C=O) groups is 1. The minimum Gasteiger partial charge on any atom is -0.493 e. The molecule has 1 aliphatic carbocycles. The van der Waals surface area contributed by atoms with Crippen LogP contribution >= 0.6 is 0 Å². The highest BCUT2D eigenvalue weighted by Gasteiger charge is 2.25. The van der Waals surface area contributed by atoms with Gasteiger partial charge in [-0.1, -0.05) is 24.4 Å². The van der Waals surface area contributed by atoms with Crippen molar-refractivity contribution in [2.75, 3.05) is 21.3 Å². The first-order valence-corrected chi connectivity index (χ1v) is 8.92. The van der Waals surface area contributed by atoms with Crippen LogP contribution in [0.25, 0.3) is 11.4 Å². The molecule has 140 valence electrons. The van der Waals surface area contributed by atoms with Crippen LogP contribution in [0.4, 0.5) is 0 Å². The molecule has 1 aliphatic rings. The highest BCUT2D eigenvalue weighted by atomic mass is 16.5. The Morgan fingerprint density at radius 2 is 1.92 bits per heavy atom. The number of aromatic nitrogens is 2. The van der Waals surface area contributed by atoms with Crippen molar-refractivity contribution in [1.29, 1.82) is 0 Å². The van der Waals surface area contributed by atoms with Gasteiger partial charge in [0, 0.05) is 18.5 Å². The van der Waals surface area contributed by atoms with Crippen molar-refractivity contribution in [3.8, 4) is 22.9 Å². The van der Waals surface area contributed by atoms with Crippen molar-refractivity contribution >= 4 is 5.91 Å². The molecule has 1 aromatic heterocycles. The van der Waals surface area contributed by atoms with Gasteiger partial charge in [-0.25, -0.2) is 0 Å². The van der Waals surface area contributed by atoms with Gasteiger partial charge in [0.1, 0.15) is 0 Å². The first kappa shape index (κ1) is 18.2. The Hall–Kier alpha value is -2.57. The van der Waals surface area contributed by atoms with E-state index in [1.54, 1.807) is 38.3 Å². The van der Waals surface area contributed by atoms with Crippen molar-refractivity contribution < 1.29 is 18.8 Å². The topological polar surface area (TPSA) is 77.7 Å². The van der Waals surface area contributed by atoms with Crippen LogP contribution < -0.4 is 9.47 Å². The molecule has 3 rings (SSSR count). The molecule has 1 fully saturated rings. The van der Waals surface area contributed by atoms with E-state index in [1.807, 2.05) is 6.07 Å². The summed E-state index contributed by atoms with van der Waals surface area (Å²) < 4.78 is 15.9. The molecule has 0 bridgehead atoms. The van der Waals surface area contributed by atoms with Crippen LogP contribution in [0.3, 0.4) is 0 Å². The van der Waals surface area contributed by atoms with E-state index in [1.165, 1.54) is 6.42 Å². The summed E-state index contributed by atoms with van der Waals surface area (Å²) in [7, 11) is 4.95. The second kappa shape index (κ2) is 8.21. The van der Waals surface area contributed by atoms with E-state index in [0.29, 0.717) is 29.8 Å². The van der Waals surface area contributed by atoms with Crippen LogP contribution in [0, 0.1) is 5.92 Å². The van der Waals surface area contributed by atoms with Gasteiger partial charge in [-0.15, -0.1) is 0 Å². The standard InChI is InChI=1S/C19H25N3O4/c1-22(19(23)13-7-5-4-6-8-13)12-17-20-18(21-26-17)14-9-10-15(24-2)16(11-14)25-3/h9-11,13H,4-8,12H2,1-3H3. The summed E-state index contributed by atoms with van der Waals surface area (Å²) in [6.45, 7) is 0.315. The molecular formula is C19H25N3O4. The highest BCUT2D eigenvalue weighted by Crippen LogP contribution is 2.31. The van der Waals surface area contributed by atoms with Crippen LogP contribution in [0.15, 0.2) is 22.7 Å². The minimum atomic E-state index is 0.127. The zero-order valence-electron chi connectivity index (χ0n) is 15.5. The van der Waals surface area contributed by atoms with Crippen molar-refractivity contribution in [3.63, 3.8) is 0 Å². The predicted octanol–water partition coefficient (Wildman–Crippen LogP) is 3.29. The van der Waals surface area contributed by atoms with Gasteiger partial charge in [0.15, 0.2) is 11.5 Å². The van der Waals surface area contributed by atoms with E-state index in [2.05, 4.69) is 10.1 Å². The molecule has 7 heteroatoms. The number of carbonyl (C=O) groups excluding carboxylic acids is 1. The number of nitrogens with zero attached hydrogens (tertiary/aromatic N) is 3. The Bertz CT molecular complexity index is 753. The lowest BCUT2D eigenvalue weighted by atomic mass is 9.88. The molecule has 26 heavy (non-hydrogen) atoms. The molecule has 0 atom stereocenters. The normalized spacial score (nSPS) is 14.9. The molecule has 0 aliphatic heterocycles. The Morgan fingerprint density at radius 1 is 1.19 bits per heavy atom. The fourth-order valence-electron chi connectivity index (χ4n) is 3.35. The quantitative estimate of drug-likeness (QED) is 0.787. The molecule has 1 heterocycles. The Morgan fingerprint density at radius 3 is 2.62 bits per heavy atom. The zero-order chi connectivity index (χ0) is 18.5. The second-order valence-electron chi connectivity index (χ2n) is 6.61. The van der Waals surface area contributed by atoms with Gasteiger partial charge >= 0.3 is 0 Å². The minimum absolute atomic E-state index is 0.127. The molecule has 1 amide bonds. The summed E-state index contributed by atoms with van der Waals surface area (Å²) in [4.78, 5) is 18.6.